The molecule has 14 heteroatoms. The zero-order valence-corrected chi connectivity index (χ0v) is 26.3. The molecule has 1 unspecified atom stereocenters. The molecule has 0 saturated carbocycles. The molecule has 0 bridgehead atoms. The van der Waals surface area contributed by atoms with Crippen LogP contribution in [0.25, 0.3) is 10.8 Å². The average Bonchev–Trinajstić information content (AvgIpc) is 3.57. The lowest BCUT2D eigenvalue weighted by molar-refractivity contribution is -0.336. The van der Waals surface area contributed by atoms with Gasteiger partial charge in [0.1, 0.15) is 48.8 Å². The third-order valence-electron chi connectivity index (χ3n) is 9.04. The maximum absolute atomic E-state index is 11.0. The molecule has 6 rings (SSSR count). The smallest absolute Gasteiger partial charge is 0.231 e. The van der Waals surface area contributed by atoms with Gasteiger partial charge in [-0.15, -0.1) is 0 Å². The van der Waals surface area contributed by atoms with Crippen molar-refractivity contribution >= 4 is 10.8 Å². The molecule has 0 aliphatic carbocycles. The van der Waals surface area contributed by atoms with Gasteiger partial charge in [-0.1, -0.05) is 48.5 Å². The van der Waals surface area contributed by atoms with Crippen molar-refractivity contribution in [2.45, 2.75) is 86.9 Å². The highest BCUT2D eigenvalue weighted by atomic mass is 16.7. The van der Waals surface area contributed by atoms with Crippen molar-refractivity contribution in [2.75, 3.05) is 26.6 Å². The second-order valence-corrected chi connectivity index (χ2v) is 12.4. The van der Waals surface area contributed by atoms with Crippen molar-refractivity contribution in [3.05, 3.63) is 71.8 Å². The Bertz CT molecular complexity index is 1500. The standard InChI is InChI=1S/C34H43NO13/c1-17(11-18-9-10-22-23(12-18)45-16-44-22)35-13-24(21-8-4-6-19-5-2-3-7-20(19)21)46-34-32(42)30(40)28(38)26(48-34)15-43-33-31(41)29(39)27(37)25(14-36)47-33/h2-10,12,17,24-42H,11,13-16H2,1H3/t17?,24-,25+,26+,27+,28+,29-,30-,31+,32+,33+,34+/m0/s1. The molecule has 8 N–H and O–H groups in total. The summed E-state index contributed by atoms with van der Waals surface area (Å²) in [5.41, 5.74) is 1.86. The quantitative estimate of drug-likeness (QED) is 0.122. The van der Waals surface area contributed by atoms with Crippen LogP contribution < -0.4 is 14.8 Å². The first-order valence-electron chi connectivity index (χ1n) is 16.0. The Kier molecular flexibility index (Phi) is 11.1. The van der Waals surface area contributed by atoms with Crippen LogP contribution in [0.3, 0.4) is 0 Å². The van der Waals surface area contributed by atoms with E-state index in [1.807, 2.05) is 67.6 Å². The van der Waals surface area contributed by atoms with Gasteiger partial charge in [0, 0.05) is 12.6 Å². The number of ether oxygens (including phenoxy) is 6. The Labute approximate surface area is 277 Å². The van der Waals surface area contributed by atoms with E-state index in [1.54, 1.807) is 0 Å². The molecule has 0 amide bonds. The lowest BCUT2D eigenvalue weighted by Gasteiger charge is -2.43. The van der Waals surface area contributed by atoms with Crippen molar-refractivity contribution < 1.29 is 64.2 Å². The molecule has 2 fully saturated rings. The third-order valence-corrected chi connectivity index (χ3v) is 9.04. The van der Waals surface area contributed by atoms with Crippen LogP contribution in [0.15, 0.2) is 60.7 Å². The molecule has 0 spiro atoms. The zero-order chi connectivity index (χ0) is 33.9. The van der Waals surface area contributed by atoms with Gasteiger partial charge in [0.15, 0.2) is 24.1 Å². The molecular formula is C34H43NO13. The van der Waals surface area contributed by atoms with Gasteiger partial charge in [0.05, 0.1) is 19.3 Å². The van der Waals surface area contributed by atoms with E-state index >= 15 is 0 Å². The Morgan fingerprint density at radius 1 is 0.771 bits per heavy atom. The van der Waals surface area contributed by atoms with Crippen LogP contribution in [-0.2, 0) is 25.4 Å². The lowest BCUT2D eigenvalue weighted by atomic mass is 9.97. The molecule has 3 aliphatic heterocycles. The largest absolute Gasteiger partial charge is 0.454 e. The van der Waals surface area contributed by atoms with E-state index in [9.17, 15) is 35.7 Å². The summed E-state index contributed by atoms with van der Waals surface area (Å²) in [4.78, 5) is 0. The first kappa shape index (κ1) is 34.9. The number of nitrogens with one attached hydrogen (secondary N) is 1. The van der Waals surface area contributed by atoms with E-state index < -0.39 is 80.7 Å². The predicted octanol–water partition coefficient (Wildman–Crippen LogP) is -0.529. The van der Waals surface area contributed by atoms with Crippen molar-refractivity contribution in [1.82, 2.24) is 5.32 Å². The molecule has 3 aliphatic rings. The van der Waals surface area contributed by atoms with E-state index in [1.165, 1.54) is 0 Å². The summed E-state index contributed by atoms with van der Waals surface area (Å²) >= 11 is 0. The Hall–Kier alpha value is -2.96. The fourth-order valence-electron chi connectivity index (χ4n) is 6.29. The highest BCUT2D eigenvalue weighted by Gasteiger charge is 2.48. The van der Waals surface area contributed by atoms with Gasteiger partial charge in [-0.25, -0.2) is 0 Å². The van der Waals surface area contributed by atoms with Gasteiger partial charge >= 0.3 is 0 Å². The fraction of sp³-hybridized carbons (Fsp3) is 0.529. The van der Waals surface area contributed by atoms with Crippen LogP contribution in [0.2, 0.25) is 0 Å². The lowest BCUT2D eigenvalue weighted by Crippen LogP contribution is -2.62. The highest BCUT2D eigenvalue weighted by molar-refractivity contribution is 5.86. The molecule has 3 aromatic carbocycles. The summed E-state index contributed by atoms with van der Waals surface area (Å²) < 4.78 is 34.3. The monoisotopic (exact) mass is 673 g/mol. The minimum absolute atomic E-state index is 0.0178. The van der Waals surface area contributed by atoms with Gasteiger partial charge in [0.2, 0.25) is 6.79 Å². The number of benzene rings is 3. The van der Waals surface area contributed by atoms with Crippen molar-refractivity contribution in [3.63, 3.8) is 0 Å². The fourth-order valence-corrected chi connectivity index (χ4v) is 6.29. The molecule has 2 saturated heterocycles. The third kappa shape index (κ3) is 7.45. The van der Waals surface area contributed by atoms with E-state index in [2.05, 4.69) is 5.32 Å². The topological polar surface area (TPSA) is 209 Å². The summed E-state index contributed by atoms with van der Waals surface area (Å²) in [6.45, 7) is 1.41. The highest BCUT2D eigenvalue weighted by Crippen LogP contribution is 2.34. The molecule has 3 heterocycles. The molecule has 3 aromatic rings. The Morgan fingerprint density at radius 2 is 1.46 bits per heavy atom. The summed E-state index contributed by atoms with van der Waals surface area (Å²) in [5, 5.41) is 77.9. The molecule has 0 aromatic heterocycles. The van der Waals surface area contributed by atoms with E-state index in [0.717, 1.165) is 21.9 Å². The van der Waals surface area contributed by atoms with Crippen LogP contribution in [0.4, 0.5) is 0 Å². The molecular weight excluding hydrogens is 630 g/mol. The molecule has 14 nitrogen and oxygen atoms in total. The predicted molar refractivity (Wildman–Crippen MR) is 168 cm³/mol. The minimum Gasteiger partial charge on any atom is -0.454 e. The maximum atomic E-state index is 11.0. The van der Waals surface area contributed by atoms with Crippen LogP contribution in [0.1, 0.15) is 24.2 Å². The Balaban J connectivity index is 1.17. The summed E-state index contributed by atoms with van der Waals surface area (Å²) in [6.07, 6.45) is -15.2. The summed E-state index contributed by atoms with van der Waals surface area (Å²) in [6, 6.07) is 19.4. The Morgan fingerprint density at radius 3 is 2.25 bits per heavy atom. The molecule has 0 radical (unpaired) electrons. The van der Waals surface area contributed by atoms with Crippen LogP contribution in [0.5, 0.6) is 11.5 Å². The van der Waals surface area contributed by atoms with Crippen molar-refractivity contribution in [3.8, 4) is 11.5 Å². The minimum atomic E-state index is -1.68. The van der Waals surface area contributed by atoms with E-state index in [0.29, 0.717) is 17.9 Å². The van der Waals surface area contributed by atoms with Gasteiger partial charge in [-0.05, 0) is 47.4 Å². The van der Waals surface area contributed by atoms with Crippen LogP contribution in [-0.4, -0.2) is 130 Å². The maximum Gasteiger partial charge on any atom is 0.231 e. The van der Waals surface area contributed by atoms with Gasteiger partial charge < -0.3 is 69.5 Å². The van der Waals surface area contributed by atoms with E-state index in [4.69, 9.17) is 28.4 Å². The van der Waals surface area contributed by atoms with Gasteiger partial charge in [-0.3, -0.25) is 0 Å². The van der Waals surface area contributed by atoms with E-state index in [-0.39, 0.29) is 19.4 Å². The summed E-state index contributed by atoms with van der Waals surface area (Å²) in [5.74, 6) is 1.41. The van der Waals surface area contributed by atoms with Crippen molar-refractivity contribution in [1.29, 1.82) is 0 Å². The second-order valence-electron chi connectivity index (χ2n) is 12.4. The number of hydrogen-bond acceptors (Lipinski definition) is 14. The number of aliphatic hydroxyl groups excluding tert-OH is 7. The SMILES string of the molecule is CC(Cc1ccc2c(c1)OCO2)NC[C@H](O[C@@H]1O[C@H](CO[C@@H]2O[C@H](CO)[C@@H](O)[C@H](O)[C@H]2O)[C@@H](O)[C@H](O)[C@H]1O)c1cccc2ccccc12. The van der Waals surface area contributed by atoms with Gasteiger partial charge in [-0.2, -0.15) is 0 Å². The first-order chi connectivity index (χ1) is 23.1. The van der Waals surface area contributed by atoms with Crippen molar-refractivity contribution in [2.24, 2.45) is 0 Å². The first-order valence-corrected chi connectivity index (χ1v) is 16.0. The zero-order valence-electron chi connectivity index (χ0n) is 26.3. The number of hydrogen-bond donors (Lipinski definition) is 8. The second kappa shape index (κ2) is 15.3. The van der Waals surface area contributed by atoms with Crippen LogP contribution >= 0.6 is 0 Å². The average molecular weight is 674 g/mol. The number of rotatable bonds is 12. The molecule has 262 valence electrons. The van der Waals surface area contributed by atoms with Gasteiger partial charge in [0.25, 0.3) is 0 Å². The van der Waals surface area contributed by atoms with Crippen LogP contribution in [0, 0.1) is 0 Å². The molecule has 12 atom stereocenters. The molecule has 48 heavy (non-hydrogen) atoms. The summed E-state index contributed by atoms with van der Waals surface area (Å²) in [7, 11) is 0. The number of aliphatic hydroxyl groups is 7. The normalized spacial score (nSPS) is 33.1. The number of fused-ring (bicyclic) bond motifs is 2.